The Kier molecular flexibility index (Phi) is 2.40. The normalized spacial score (nSPS) is 19.8. The van der Waals surface area contributed by atoms with Crippen molar-refractivity contribution >= 4 is 27.3 Å². The lowest BCUT2D eigenvalue weighted by Gasteiger charge is -1.96. The third-order valence-electron chi connectivity index (χ3n) is 2.82. The molecule has 3 rings (SSSR count). The Hall–Kier alpha value is -1.35. The molecule has 0 bridgehead atoms. The van der Waals surface area contributed by atoms with Gasteiger partial charge < -0.3 is 4.74 Å². The predicted octanol–water partition coefficient (Wildman–Crippen LogP) is 3.46. The summed E-state index contributed by atoms with van der Waals surface area (Å²) in [5, 5.41) is 1.27. The molecule has 1 aliphatic heterocycles. The summed E-state index contributed by atoms with van der Waals surface area (Å²) in [5.74, 6) is 0.827. The largest absolute Gasteiger partial charge is 0.475 e. The lowest BCUT2D eigenvalue weighted by atomic mass is 10.2. The van der Waals surface area contributed by atoms with E-state index in [4.69, 9.17) is 4.74 Å². The van der Waals surface area contributed by atoms with E-state index in [1.54, 1.807) is 11.3 Å². The number of nitrogens with zero attached hydrogens (tertiary/aromatic N) is 1. The molecule has 2 heterocycles. The first kappa shape index (κ1) is 9.85. The second kappa shape index (κ2) is 3.91. The highest BCUT2D eigenvalue weighted by molar-refractivity contribution is 7.20. The maximum absolute atomic E-state index is 5.63. The number of aliphatic imine (C=N–C) groups is 1. The maximum atomic E-state index is 5.63. The van der Waals surface area contributed by atoms with Crippen molar-refractivity contribution in [2.75, 3.05) is 6.61 Å². The van der Waals surface area contributed by atoms with Gasteiger partial charge in [0, 0.05) is 4.70 Å². The Labute approximate surface area is 98.6 Å². The van der Waals surface area contributed by atoms with Crippen LogP contribution in [-0.4, -0.2) is 18.5 Å². The van der Waals surface area contributed by atoms with Crippen LogP contribution >= 0.6 is 11.3 Å². The average Bonchev–Trinajstić information content (AvgIpc) is 2.95. The van der Waals surface area contributed by atoms with Crippen molar-refractivity contribution in [1.82, 2.24) is 0 Å². The molecule has 0 radical (unpaired) electrons. The highest BCUT2D eigenvalue weighted by atomic mass is 32.1. The molecule has 1 atom stereocenters. The summed E-state index contributed by atoms with van der Waals surface area (Å²) in [7, 11) is 0. The molecule has 0 saturated carbocycles. The van der Waals surface area contributed by atoms with Crippen LogP contribution in [0, 0.1) is 0 Å². The molecule has 3 heteroatoms. The second-order valence-corrected chi connectivity index (χ2v) is 5.04. The molecule has 1 aliphatic rings. The molecule has 0 spiro atoms. The number of rotatable bonds is 2. The Morgan fingerprint density at radius 2 is 2.31 bits per heavy atom. The van der Waals surface area contributed by atoms with E-state index in [2.05, 4.69) is 42.2 Å². The maximum Gasteiger partial charge on any atom is 0.226 e. The van der Waals surface area contributed by atoms with Gasteiger partial charge in [-0.1, -0.05) is 25.1 Å². The summed E-state index contributed by atoms with van der Waals surface area (Å²) in [6.45, 7) is 2.88. The van der Waals surface area contributed by atoms with Gasteiger partial charge in [-0.2, -0.15) is 0 Å². The van der Waals surface area contributed by atoms with Crippen molar-refractivity contribution in [1.29, 1.82) is 0 Å². The van der Waals surface area contributed by atoms with Crippen LogP contribution in [0.15, 0.2) is 35.3 Å². The van der Waals surface area contributed by atoms with E-state index in [1.807, 2.05) is 0 Å². The van der Waals surface area contributed by atoms with E-state index < -0.39 is 0 Å². The number of hydrogen-bond acceptors (Lipinski definition) is 3. The monoisotopic (exact) mass is 231 g/mol. The summed E-state index contributed by atoms with van der Waals surface area (Å²) in [6.07, 6.45) is 1.05. The molecule has 2 nitrogen and oxygen atoms in total. The zero-order valence-electron chi connectivity index (χ0n) is 9.14. The van der Waals surface area contributed by atoms with Crippen LogP contribution in [0.3, 0.4) is 0 Å². The summed E-state index contributed by atoms with van der Waals surface area (Å²) in [4.78, 5) is 5.73. The molecule has 0 N–H and O–H groups in total. The van der Waals surface area contributed by atoms with Crippen LogP contribution < -0.4 is 0 Å². The summed E-state index contributed by atoms with van der Waals surface area (Å²) >= 11 is 1.75. The first-order valence-corrected chi connectivity index (χ1v) is 6.38. The van der Waals surface area contributed by atoms with Crippen LogP contribution in [-0.2, 0) is 4.74 Å². The zero-order chi connectivity index (χ0) is 11.0. The van der Waals surface area contributed by atoms with Crippen LogP contribution in [0.1, 0.15) is 18.2 Å². The van der Waals surface area contributed by atoms with Gasteiger partial charge in [0.05, 0.1) is 10.9 Å². The molecule has 0 unspecified atom stereocenters. The molecule has 0 aliphatic carbocycles. The second-order valence-electron chi connectivity index (χ2n) is 3.96. The summed E-state index contributed by atoms with van der Waals surface area (Å²) < 4.78 is 6.93. The lowest BCUT2D eigenvalue weighted by Crippen LogP contribution is -2.03. The zero-order valence-corrected chi connectivity index (χ0v) is 9.96. The van der Waals surface area contributed by atoms with E-state index in [-0.39, 0.29) is 0 Å². The van der Waals surface area contributed by atoms with Gasteiger partial charge in [-0.15, -0.1) is 11.3 Å². The predicted molar refractivity (Wildman–Crippen MR) is 68.4 cm³/mol. The minimum atomic E-state index is 0.347. The van der Waals surface area contributed by atoms with Crippen molar-refractivity contribution in [2.45, 2.75) is 19.4 Å². The van der Waals surface area contributed by atoms with E-state index in [0.29, 0.717) is 6.04 Å². The van der Waals surface area contributed by atoms with Crippen molar-refractivity contribution in [3.8, 4) is 0 Å². The smallest absolute Gasteiger partial charge is 0.226 e. The van der Waals surface area contributed by atoms with Crippen molar-refractivity contribution in [3.63, 3.8) is 0 Å². The Morgan fingerprint density at radius 3 is 3.06 bits per heavy atom. The van der Waals surface area contributed by atoms with E-state index in [1.165, 1.54) is 10.1 Å². The average molecular weight is 231 g/mol. The standard InChI is InChI=1S/C13H13NOS/c1-2-10-8-15-13(14-10)12-7-9-5-3-4-6-11(9)16-12/h3-7,10H,2,8H2,1H3/t10-/m1/s1. The Balaban J connectivity index is 2.00. The lowest BCUT2D eigenvalue weighted by molar-refractivity contribution is 0.315. The molecule has 1 aromatic carbocycles. The Morgan fingerprint density at radius 1 is 1.44 bits per heavy atom. The van der Waals surface area contributed by atoms with Gasteiger partial charge in [0.25, 0.3) is 0 Å². The van der Waals surface area contributed by atoms with Crippen LogP contribution in [0.4, 0.5) is 0 Å². The fraction of sp³-hybridized carbons (Fsp3) is 0.308. The molecule has 0 saturated heterocycles. The van der Waals surface area contributed by atoms with Crippen LogP contribution in [0.5, 0.6) is 0 Å². The van der Waals surface area contributed by atoms with Crippen LogP contribution in [0.2, 0.25) is 0 Å². The van der Waals surface area contributed by atoms with Gasteiger partial charge in [0.2, 0.25) is 5.90 Å². The molecule has 0 amide bonds. The van der Waals surface area contributed by atoms with Crippen molar-refractivity contribution in [2.24, 2.45) is 4.99 Å². The minimum Gasteiger partial charge on any atom is -0.475 e. The molecular formula is C13H13NOS. The highest BCUT2D eigenvalue weighted by Crippen LogP contribution is 2.27. The number of benzene rings is 1. The first-order chi connectivity index (χ1) is 7.86. The molecule has 2 aromatic rings. The topological polar surface area (TPSA) is 21.6 Å². The van der Waals surface area contributed by atoms with Crippen LogP contribution in [0.25, 0.3) is 10.1 Å². The molecular weight excluding hydrogens is 218 g/mol. The van der Waals surface area contributed by atoms with Gasteiger partial charge in [0.1, 0.15) is 6.61 Å². The molecule has 1 aromatic heterocycles. The quantitative estimate of drug-likeness (QED) is 0.775. The first-order valence-electron chi connectivity index (χ1n) is 5.56. The highest BCUT2D eigenvalue weighted by Gasteiger charge is 2.19. The van der Waals surface area contributed by atoms with Crippen molar-refractivity contribution < 1.29 is 4.74 Å². The number of fused-ring (bicyclic) bond motifs is 1. The minimum absolute atomic E-state index is 0.347. The number of hydrogen-bond donors (Lipinski definition) is 0. The Bertz CT molecular complexity index is 511. The third kappa shape index (κ3) is 1.61. The van der Waals surface area contributed by atoms with Gasteiger partial charge in [0.15, 0.2) is 0 Å². The van der Waals surface area contributed by atoms with Gasteiger partial charge in [-0.05, 0) is 23.9 Å². The number of ether oxygens (including phenoxy) is 1. The van der Waals surface area contributed by atoms with Gasteiger partial charge in [-0.25, -0.2) is 4.99 Å². The molecule has 82 valence electrons. The van der Waals surface area contributed by atoms with E-state index >= 15 is 0 Å². The summed E-state index contributed by atoms with van der Waals surface area (Å²) in [6, 6.07) is 10.9. The summed E-state index contributed by atoms with van der Waals surface area (Å²) in [5.41, 5.74) is 0. The fourth-order valence-electron chi connectivity index (χ4n) is 1.85. The molecule has 16 heavy (non-hydrogen) atoms. The van der Waals surface area contributed by atoms with E-state index in [0.717, 1.165) is 23.8 Å². The van der Waals surface area contributed by atoms with Crippen molar-refractivity contribution in [3.05, 3.63) is 35.2 Å². The number of thiophene rings is 1. The fourth-order valence-corrected chi connectivity index (χ4v) is 2.86. The third-order valence-corrected chi connectivity index (χ3v) is 3.92. The van der Waals surface area contributed by atoms with Gasteiger partial charge >= 0.3 is 0 Å². The SMILES string of the molecule is CC[C@@H]1COC(c2cc3ccccc3s2)=N1. The van der Waals surface area contributed by atoms with Gasteiger partial charge in [-0.3, -0.25) is 0 Å². The molecule has 0 fully saturated rings. The van der Waals surface area contributed by atoms with E-state index in [9.17, 15) is 0 Å².